The predicted octanol–water partition coefficient (Wildman–Crippen LogP) is 2.76. The molecular formula is C12H12Cl2F3NO3. The van der Waals surface area contributed by atoms with Gasteiger partial charge in [0.1, 0.15) is 12.3 Å². The number of rotatable bonds is 6. The maximum atomic E-state index is 12.3. The van der Waals surface area contributed by atoms with Gasteiger partial charge in [-0.2, -0.15) is 13.2 Å². The quantitative estimate of drug-likeness (QED) is 0.862. The standard InChI is InChI=1S/C12H12Cl2F3NO3/c13-9-2-1-8(5-10(9)14)21-6-11(20)18(3-4-19)7-12(15,16)17/h1-2,5,19H,3-4,6-7H2. The van der Waals surface area contributed by atoms with Gasteiger partial charge in [0.2, 0.25) is 0 Å². The number of benzene rings is 1. The van der Waals surface area contributed by atoms with E-state index < -0.39 is 38.4 Å². The predicted molar refractivity (Wildman–Crippen MR) is 71.7 cm³/mol. The third kappa shape index (κ3) is 6.41. The maximum Gasteiger partial charge on any atom is 0.406 e. The number of hydrogen-bond donors (Lipinski definition) is 1. The van der Waals surface area contributed by atoms with Gasteiger partial charge in [-0.3, -0.25) is 4.79 Å². The largest absolute Gasteiger partial charge is 0.484 e. The molecule has 4 nitrogen and oxygen atoms in total. The third-order valence-corrected chi connectivity index (χ3v) is 3.09. The lowest BCUT2D eigenvalue weighted by atomic mass is 10.3. The zero-order valence-corrected chi connectivity index (χ0v) is 12.2. The molecule has 1 rings (SSSR count). The SMILES string of the molecule is O=C(COc1ccc(Cl)c(Cl)c1)N(CCO)CC(F)(F)F. The van der Waals surface area contributed by atoms with E-state index in [0.29, 0.717) is 4.90 Å². The van der Waals surface area contributed by atoms with Crippen LogP contribution >= 0.6 is 23.2 Å². The van der Waals surface area contributed by atoms with Crippen molar-refractivity contribution in [1.29, 1.82) is 0 Å². The number of hydrogen-bond acceptors (Lipinski definition) is 3. The number of carbonyl (C=O) groups is 1. The number of ether oxygens (including phenoxy) is 1. The Hall–Kier alpha value is -1.18. The molecule has 0 heterocycles. The fourth-order valence-corrected chi connectivity index (χ4v) is 1.72. The Morgan fingerprint density at radius 1 is 1.29 bits per heavy atom. The average molecular weight is 346 g/mol. The molecule has 9 heteroatoms. The van der Waals surface area contributed by atoms with Crippen LogP contribution in [0.5, 0.6) is 5.75 Å². The van der Waals surface area contributed by atoms with Crippen LogP contribution in [0.15, 0.2) is 18.2 Å². The summed E-state index contributed by atoms with van der Waals surface area (Å²) in [5.41, 5.74) is 0. The molecule has 0 saturated carbocycles. The Bertz CT molecular complexity index is 497. The van der Waals surface area contributed by atoms with Crippen molar-refractivity contribution in [3.8, 4) is 5.75 Å². The summed E-state index contributed by atoms with van der Waals surface area (Å²) in [6, 6.07) is 4.21. The van der Waals surface area contributed by atoms with Crippen LogP contribution in [0.4, 0.5) is 13.2 Å². The van der Waals surface area contributed by atoms with Gasteiger partial charge in [0.05, 0.1) is 16.7 Å². The zero-order chi connectivity index (χ0) is 16.0. The molecular weight excluding hydrogens is 334 g/mol. The van der Waals surface area contributed by atoms with E-state index >= 15 is 0 Å². The molecule has 0 atom stereocenters. The molecule has 21 heavy (non-hydrogen) atoms. The minimum Gasteiger partial charge on any atom is -0.484 e. The molecule has 1 N–H and O–H groups in total. The maximum absolute atomic E-state index is 12.3. The van der Waals surface area contributed by atoms with Crippen molar-refractivity contribution in [2.45, 2.75) is 6.18 Å². The van der Waals surface area contributed by atoms with Gasteiger partial charge in [0.15, 0.2) is 6.61 Å². The minimum absolute atomic E-state index is 0.198. The van der Waals surface area contributed by atoms with Gasteiger partial charge in [-0.1, -0.05) is 23.2 Å². The first kappa shape index (κ1) is 17.9. The summed E-state index contributed by atoms with van der Waals surface area (Å²) in [6.07, 6.45) is -4.55. The van der Waals surface area contributed by atoms with Gasteiger partial charge in [-0.05, 0) is 12.1 Å². The van der Waals surface area contributed by atoms with Crippen LogP contribution < -0.4 is 4.74 Å². The van der Waals surface area contributed by atoms with E-state index in [0.717, 1.165) is 0 Å². The van der Waals surface area contributed by atoms with Crippen LogP contribution in [0.1, 0.15) is 0 Å². The highest BCUT2D eigenvalue weighted by molar-refractivity contribution is 6.42. The molecule has 0 unspecified atom stereocenters. The number of aliphatic hydroxyl groups is 1. The Morgan fingerprint density at radius 2 is 1.95 bits per heavy atom. The van der Waals surface area contributed by atoms with E-state index in [2.05, 4.69) is 0 Å². The topological polar surface area (TPSA) is 49.8 Å². The zero-order valence-electron chi connectivity index (χ0n) is 10.7. The highest BCUT2D eigenvalue weighted by Gasteiger charge is 2.32. The monoisotopic (exact) mass is 345 g/mol. The number of amides is 1. The lowest BCUT2D eigenvalue weighted by molar-refractivity contribution is -0.163. The molecule has 0 spiro atoms. The van der Waals surface area contributed by atoms with Crippen LogP contribution in [-0.2, 0) is 4.79 Å². The Balaban J connectivity index is 2.62. The van der Waals surface area contributed by atoms with Gasteiger partial charge < -0.3 is 14.7 Å². The van der Waals surface area contributed by atoms with E-state index in [9.17, 15) is 18.0 Å². The summed E-state index contributed by atoms with van der Waals surface area (Å²) < 4.78 is 42.0. The average Bonchev–Trinajstić information content (AvgIpc) is 2.38. The molecule has 118 valence electrons. The van der Waals surface area contributed by atoms with Crippen molar-refractivity contribution in [2.24, 2.45) is 0 Å². The van der Waals surface area contributed by atoms with Crippen LogP contribution in [0.2, 0.25) is 10.0 Å². The van der Waals surface area contributed by atoms with E-state index in [1.807, 2.05) is 0 Å². The molecule has 0 aromatic heterocycles. The Morgan fingerprint density at radius 3 is 2.48 bits per heavy atom. The fourth-order valence-electron chi connectivity index (χ4n) is 1.43. The molecule has 1 aromatic carbocycles. The van der Waals surface area contributed by atoms with E-state index in [-0.39, 0.29) is 15.8 Å². The summed E-state index contributed by atoms with van der Waals surface area (Å²) in [5, 5.41) is 9.19. The summed E-state index contributed by atoms with van der Waals surface area (Å²) >= 11 is 11.4. The van der Waals surface area contributed by atoms with E-state index in [4.69, 9.17) is 33.0 Å². The second-order valence-electron chi connectivity index (χ2n) is 4.02. The van der Waals surface area contributed by atoms with Crippen LogP contribution in [0.3, 0.4) is 0 Å². The highest BCUT2D eigenvalue weighted by atomic mass is 35.5. The number of aliphatic hydroxyl groups excluding tert-OH is 1. The van der Waals surface area contributed by atoms with E-state index in [1.54, 1.807) is 0 Å². The first-order chi connectivity index (χ1) is 9.73. The van der Waals surface area contributed by atoms with Crippen molar-refractivity contribution in [1.82, 2.24) is 4.90 Å². The number of carbonyl (C=O) groups excluding carboxylic acids is 1. The van der Waals surface area contributed by atoms with Crippen molar-refractivity contribution < 1.29 is 27.8 Å². The van der Waals surface area contributed by atoms with Gasteiger partial charge in [-0.15, -0.1) is 0 Å². The highest BCUT2D eigenvalue weighted by Crippen LogP contribution is 2.26. The van der Waals surface area contributed by atoms with Crippen molar-refractivity contribution in [3.63, 3.8) is 0 Å². The molecule has 0 aliphatic heterocycles. The third-order valence-electron chi connectivity index (χ3n) is 2.35. The van der Waals surface area contributed by atoms with Crippen LogP contribution in [0, 0.1) is 0 Å². The van der Waals surface area contributed by atoms with Crippen molar-refractivity contribution in [3.05, 3.63) is 28.2 Å². The summed E-state index contributed by atoms with van der Waals surface area (Å²) in [7, 11) is 0. The second kappa shape index (κ2) is 7.72. The summed E-state index contributed by atoms with van der Waals surface area (Å²) in [5.74, 6) is -0.693. The number of halogens is 5. The number of nitrogens with zero attached hydrogens (tertiary/aromatic N) is 1. The first-order valence-electron chi connectivity index (χ1n) is 5.76. The second-order valence-corrected chi connectivity index (χ2v) is 4.83. The van der Waals surface area contributed by atoms with Gasteiger partial charge in [-0.25, -0.2) is 0 Å². The van der Waals surface area contributed by atoms with Gasteiger partial charge in [0, 0.05) is 12.6 Å². The smallest absolute Gasteiger partial charge is 0.406 e. The van der Waals surface area contributed by atoms with Crippen LogP contribution in [0.25, 0.3) is 0 Å². The van der Waals surface area contributed by atoms with Crippen LogP contribution in [-0.4, -0.2) is 48.4 Å². The molecule has 0 fully saturated rings. The van der Waals surface area contributed by atoms with E-state index in [1.165, 1.54) is 18.2 Å². The summed E-state index contributed by atoms with van der Waals surface area (Å²) in [6.45, 7) is -3.05. The Kier molecular flexibility index (Phi) is 6.57. The molecule has 0 saturated heterocycles. The Labute approximate surface area is 129 Å². The van der Waals surface area contributed by atoms with Gasteiger partial charge in [0.25, 0.3) is 5.91 Å². The normalized spacial score (nSPS) is 11.3. The molecule has 0 radical (unpaired) electrons. The number of alkyl halides is 3. The van der Waals surface area contributed by atoms with Crippen molar-refractivity contribution in [2.75, 3.05) is 26.3 Å². The molecule has 0 aliphatic carbocycles. The minimum atomic E-state index is -4.55. The molecule has 0 bridgehead atoms. The first-order valence-corrected chi connectivity index (χ1v) is 6.52. The van der Waals surface area contributed by atoms with Crippen molar-refractivity contribution >= 4 is 29.1 Å². The fraction of sp³-hybridized carbons (Fsp3) is 0.417. The lowest BCUT2D eigenvalue weighted by Crippen LogP contribution is -2.42. The van der Waals surface area contributed by atoms with Gasteiger partial charge >= 0.3 is 6.18 Å². The lowest BCUT2D eigenvalue weighted by Gasteiger charge is -2.23. The molecule has 0 aliphatic rings. The summed E-state index contributed by atoms with van der Waals surface area (Å²) in [4.78, 5) is 12.1. The molecule has 1 amide bonds. The molecule has 1 aromatic rings.